The first-order chi connectivity index (χ1) is 8.90. The van der Waals surface area contributed by atoms with E-state index < -0.39 is 0 Å². The smallest absolute Gasteiger partial charge is 0.0710 e. The fraction of sp³-hybridized carbons (Fsp3) is 0.500. The fourth-order valence-corrected chi connectivity index (χ4v) is 3.14. The molecule has 1 aliphatic carbocycles. The van der Waals surface area contributed by atoms with Gasteiger partial charge in [-0.25, -0.2) is 4.52 Å². The summed E-state index contributed by atoms with van der Waals surface area (Å²) in [5.74, 6) is 6.43. The molecule has 4 nitrogen and oxygen atoms in total. The average Bonchev–Trinajstić information content (AvgIpc) is 2.85. The molecule has 1 aliphatic rings. The monoisotopic (exact) mass is 244 g/mol. The zero-order valence-electron chi connectivity index (χ0n) is 10.5. The minimum atomic E-state index is 0.227. The van der Waals surface area contributed by atoms with Crippen LogP contribution in [0.25, 0.3) is 5.52 Å². The van der Waals surface area contributed by atoms with Crippen molar-refractivity contribution in [2.24, 2.45) is 11.8 Å². The Labute approximate surface area is 107 Å². The number of aromatic nitrogens is 2. The third-order valence-corrected chi connectivity index (χ3v) is 4.09. The number of pyridine rings is 1. The van der Waals surface area contributed by atoms with Crippen molar-refractivity contribution >= 4 is 5.52 Å². The standard InChI is InChI=1S/C14H20N4/c15-17-14(11-6-2-1-3-7-11)12-10-16-18-9-5-4-8-13(12)18/h4-5,8-11,14,17H,1-3,6-7,15H2. The second-order valence-corrected chi connectivity index (χ2v) is 5.17. The molecule has 3 N–H and O–H groups in total. The van der Waals surface area contributed by atoms with Crippen LogP contribution in [0, 0.1) is 5.92 Å². The number of hydrogen-bond donors (Lipinski definition) is 2. The van der Waals surface area contributed by atoms with Crippen LogP contribution in [0.15, 0.2) is 30.6 Å². The van der Waals surface area contributed by atoms with E-state index in [0.29, 0.717) is 5.92 Å². The molecule has 0 spiro atoms. The quantitative estimate of drug-likeness (QED) is 0.644. The summed E-state index contributed by atoms with van der Waals surface area (Å²) in [6.07, 6.45) is 10.5. The fourth-order valence-electron chi connectivity index (χ4n) is 3.14. The molecule has 96 valence electrons. The molecule has 1 unspecified atom stereocenters. The second-order valence-electron chi connectivity index (χ2n) is 5.17. The molecule has 0 amide bonds. The lowest BCUT2D eigenvalue weighted by atomic mass is 9.82. The Morgan fingerprint density at radius 3 is 2.89 bits per heavy atom. The molecule has 1 saturated carbocycles. The first-order valence-electron chi connectivity index (χ1n) is 6.78. The highest BCUT2D eigenvalue weighted by Crippen LogP contribution is 2.35. The zero-order valence-corrected chi connectivity index (χ0v) is 10.5. The van der Waals surface area contributed by atoms with Crippen molar-refractivity contribution < 1.29 is 0 Å². The van der Waals surface area contributed by atoms with Gasteiger partial charge in [-0.1, -0.05) is 25.3 Å². The highest BCUT2D eigenvalue weighted by atomic mass is 15.3. The van der Waals surface area contributed by atoms with Gasteiger partial charge in [0.25, 0.3) is 0 Å². The van der Waals surface area contributed by atoms with Crippen molar-refractivity contribution in [3.63, 3.8) is 0 Å². The van der Waals surface area contributed by atoms with Gasteiger partial charge in [0.2, 0.25) is 0 Å². The molecule has 3 rings (SSSR count). The Balaban J connectivity index is 1.95. The minimum Gasteiger partial charge on any atom is -0.271 e. The molecule has 2 aromatic rings. The van der Waals surface area contributed by atoms with Crippen molar-refractivity contribution in [1.82, 2.24) is 15.0 Å². The van der Waals surface area contributed by atoms with Crippen LogP contribution in [-0.2, 0) is 0 Å². The van der Waals surface area contributed by atoms with Gasteiger partial charge in [-0.05, 0) is 30.9 Å². The highest BCUT2D eigenvalue weighted by molar-refractivity contribution is 5.55. The van der Waals surface area contributed by atoms with E-state index in [1.54, 1.807) is 0 Å². The summed E-state index contributed by atoms with van der Waals surface area (Å²) in [5.41, 5.74) is 5.40. The molecule has 18 heavy (non-hydrogen) atoms. The maximum atomic E-state index is 5.80. The lowest BCUT2D eigenvalue weighted by Crippen LogP contribution is -2.34. The molecule has 1 atom stereocenters. The van der Waals surface area contributed by atoms with E-state index in [9.17, 15) is 0 Å². The molecule has 0 aromatic carbocycles. The van der Waals surface area contributed by atoms with Crippen LogP contribution in [0.5, 0.6) is 0 Å². The van der Waals surface area contributed by atoms with Crippen molar-refractivity contribution in [2.45, 2.75) is 38.1 Å². The minimum absolute atomic E-state index is 0.227. The van der Waals surface area contributed by atoms with Crippen molar-refractivity contribution in [1.29, 1.82) is 0 Å². The van der Waals surface area contributed by atoms with Gasteiger partial charge in [0.15, 0.2) is 0 Å². The Bertz CT molecular complexity index is 513. The summed E-state index contributed by atoms with van der Waals surface area (Å²) >= 11 is 0. The number of hydrogen-bond acceptors (Lipinski definition) is 3. The van der Waals surface area contributed by atoms with Crippen LogP contribution in [0.4, 0.5) is 0 Å². The van der Waals surface area contributed by atoms with Gasteiger partial charge in [-0.2, -0.15) is 5.10 Å². The van der Waals surface area contributed by atoms with E-state index >= 15 is 0 Å². The largest absolute Gasteiger partial charge is 0.271 e. The molecule has 0 bridgehead atoms. The number of nitrogens with two attached hydrogens (primary N) is 1. The lowest BCUT2D eigenvalue weighted by molar-refractivity contribution is 0.274. The van der Waals surface area contributed by atoms with Crippen LogP contribution >= 0.6 is 0 Å². The van der Waals surface area contributed by atoms with E-state index in [1.165, 1.54) is 37.7 Å². The van der Waals surface area contributed by atoms with Crippen LogP contribution < -0.4 is 11.3 Å². The molecular weight excluding hydrogens is 224 g/mol. The van der Waals surface area contributed by atoms with Crippen molar-refractivity contribution in [3.8, 4) is 0 Å². The first-order valence-corrected chi connectivity index (χ1v) is 6.78. The van der Waals surface area contributed by atoms with Gasteiger partial charge < -0.3 is 0 Å². The maximum absolute atomic E-state index is 5.80. The summed E-state index contributed by atoms with van der Waals surface area (Å²) in [6, 6.07) is 6.38. The Hall–Kier alpha value is -1.39. The second kappa shape index (κ2) is 5.08. The van der Waals surface area contributed by atoms with Gasteiger partial charge in [0, 0.05) is 11.8 Å². The number of rotatable bonds is 3. The summed E-state index contributed by atoms with van der Waals surface area (Å²) in [7, 11) is 0. The Kier molecular flexibility index (Phi) is 3.30. The number of hydrazine groups is 1. The average molecular weight is 244 g/mol. The van der Waals surface area contributed by atoms with Crippen LogP contribution in [0.3, 0.4) is 0 Å². The molecule has 2 heterocycles. The van der Waals surface area contributed by atoms with Gasteiger partial charge in [0.1, 0.15) is 0 Å². The SMILES string of the molecule is NNC(c1cnn2ccccc12)C1CCCCC1. The normalized spacial score (nSPS) is 19.2. The van der Waals surface area contributed by atoms with Gasteiger partial charge in [-0.3, -0.25) is 11.3 Å². The molecule has 0 aliphatic heterocycles. The molecule has 0 radical (unpaired) electrons. The predicted molar refractivity (Wildman–Crippen MR) is 71.8 cm³/mol. The number of fused-ring (bicyclic) bond motifs is 1. The number of nitrogens with one attached hydrogen (secondary N) is 1. The molecule has 4 heteroatoms. The van der Waals surface area contributed by atoms with E-state index in [4.69, 9.17) is 5.84 Å². The summed E-state index contributed by atoms with van der Waals surface area (Å²) in [6.45, 7) is 0. The lowest BCUT2D eigenvalue weighted by Gasteiger charge is -2.29. The number of nitrogens with zero attached hydrogens (tertiary/aromatic N) is 2. The Morgan fingerprint density at radius 2 is 2.11 bits per heavy atom. The summed E-state index contributed by atoms with van der Waals surface area (Å²) in [4.78, 5) is 0. The third-order valence-electron chi connectivity index (χ3n) is 4.09. The molecular formula is C14H20N4. The molecule has 0 saturated heterocycles. The molecule has 2 aromatic heterocycles. The third kappa shape index (κ3) is 2.02. The predicted octanol–water partition coefficient (Wildman–Crippen LogP) is 2.42. The first kappa shape index (κ1) is 11.7. The van der Waals surface area contributed by atoms with Crippen LogP contribution in [0.2, 0.25) is 0 Å². The van der Waals surface area contributed by atoms with Gasteiger partial charge in [-0.15, -0.1) is 0 Å². The molecule has 1 fully saturated rings. The van der Waals surface area contributed by atoms with E-state index in [-0.39, 0.29) is 6.04 Å². The van der Waals surface area contributed by atoms with Gasteiger partial charge >= 0.3 is 0 Å². The van der Waals surface area contributed by atoms with Crippen molar-refractivity contribution in [2.75, 3.05) is 0 Å². The maximum Gasteiger partial charge on any atom is 0.0710 e. The van der Waals surface area contributed by atoms with E-state index in [1.807, 2.05) is 23.0 Å². The van der Waals surface area contributed by atoms with E-state index in [2.05, 4.69) is 22.7 Å². The van der Waals surface area contributed by atoms with E-state index in [0.717, 1.165) is 5.52 Å². The highest BCUT2D eigenvalue weighted by Gasteiger charge is 2.26. The topological polar surface area (TPSA) is 55.3 Å². The van der Waals surface area contributed by atoms with Crippen LogP contribution in [0.1, 0.15) is 43.7 Å². The summed E-state index contributed by atoms with van der Waals surface area (Å²) < 4.78 is 1.92. The Morgan fingerprint density at radius 1 is 1.28 bits per heavy atom. The van der Waals surface area contributed by atoms with Crippen molar-refractivity contribution in [3.05, 3.63) is 36.2 Å². The van der Waals surface area contributed by atoms with Crippen LogP contribution in [-0.4, -0.2) is 9.61 Å². The summed E-state index contributed by atoms with van der Waals surface area (Å²) in [5, 5.41) is 4.40. The zero-order chi connectivity index (χ0) is 12.4. The van der Waals surface area contributed by atoms with Gasteiger partial charge in [0.05, 0.1) is 17.8 Å².